The third kappa shape index (κ3) is 3.96. The van der Waals surface area contributed by atoms with Gasteiger partial charge in [-0.25, -0.2) is 0 Å². The van der Waals surface area contributed by atoms with Gasteiger partial charge in [-0.3, -0.25) is 14.9 Å². The molecule has 1 heterocycles. The first-order chi connectivity index (χ1) is 10.4. The van der Waals surface area contributed by atoms with E-state index in [9.17, 15) is 14.9 Å². The van der Waals surface area contributed by atoms with Crippen LogP contribution >= 0.6 is 11.6 Å². The van der Waals surface area contributed by atoms with E-state index in [-0.39, 0.29) is 29.1 Å². The Morgan fingerprint density at radius 1 is 1.59 bits per heavy atom. The fourth-order valence-electron chi connectivity index (χ4n) is 2.73. The Balaban J connectivity index is 2.04. The molecular weight excluding hydrogens is 306 g/mol. The highest BCUT2D eigenvalue weighted by Gasteiger charge is 2.26. The predicted molar refractivity (Wildman–Crippen MR) is 84.8 cm³/mol. The summed E-state index contributed by atoms with van der Waals surface area (Å²) in [5.41, 5.74) is 6.47. The maximum absolute atomic E-state index is 12.4. The van der Waals surface area contributed by atoms with Gasteiger partial charge in [0.05, 0.1) is 16.4 Å². The molecule has 0 spiro atoms. The lowest BCUT2D eigenvalue weighted by molar-refractivity contribution is -0.384. The molecule has 1 aliphatic heterocycles. The van der Waals surface area contributed by atoms with Crippen molar-refractivity contribution in [3.63, 3.8) is 0 Å². The van der Waals surface area contributed by atoms with E-state index < -0.39 is 4.92 Å². The summed E-state index contributed by atoms with van der Waals surface area (Å²) in [6, 6.07) is 4.27. The molecule has 120 valence electrons. The number of likely N-dealkylation sites (tertiary alicyclic amines) is 1. The summed E-state index contributed by atoms with van der Waals surface area (Å²) in [7, 11) is 0. The van der Waals surface area contributed by atoms with Gasteiger partial charge in [0.1, 0.15) is 0 Å². The maximum atomic E-state index is 12.4. The highest BCUT2D eigenvalue weighted by atomic mass is 35.5. The minimum atomic E-state index is -0.505. The molecule has 7 heteroatoms. The largest absolute Gasteiger partial charge is 0.342 e. The molecule has 22 heavy (non-hydrogen) atoms. The van der Waals surface area contributed by atoms with Crippen LogP contribution in [0.3, 0.4) is 0 Å². The Labute approximate surface area is 134 Å². The number of nitrogens with two attached hydrogens (primary N) is 1. The standard InChI is InChI=1S/C15H20ClN3O3/c1-10(17)12-3-2-6-18(9-12)15(20)7-11-4-5-13(19(21)22)8-14(11)16/h4-5,8,10,12H,2-3,6-7,9,17H2,1H3. The third-order valence-electron chi connectivity index (χ3n) is 4.14. The van der Waals surface area contributed by atoms with Crippen LogP contribution in [0, 0.1) is 16.0 Å². The van der Waals surface area contributed by atoms with Gasteiger partial charge in [-0.2, -0.15) is 0 Å². The number of hydrogen-bond donors (Lipinski definition) is 1. The predicted octanol–water partition coefficient (Wildman–Crippen LogP) is 2.38. The zero-order valence-corrected chi connectivity index (χ0v) is 13.3. The summed E-state index contributed by atoms with van der Waals surface area (Å²) in [6.07, 6.45) is 2.15. The first kappa shape index (κ1) is 16.7. The number of nitro benzene ring substituents is 1. The second-order valence-electron chi connectivity index (χ2n) is 5.81. The summed E-state index contributed by atoms with van der Waals surface area (Å²) in [5, 5.41) is 10.9. The van der Waals surface area contributed by atoms with E-state index in [0.717, 1.165) is 19.4 Å². The van der Waals surface area contributed by atoms with Crippen LogP contribution in [0.15, 0.2) is 18.2 Å². The number of halogens is 1. The number of hydrogen-bond acceptors (Lipinski definition) is 4. The van der Waals surface area contributed by atoms with Gasteiger partial charge in [-0.15, -0.1) is 0 Å². The lowest BCUT2D eigenvalue weighted by Crippen LogP contribution is -2.45. The van der Waals surface area contributed by atoms with Crippen LogP contribution in [0.5, 0.6) is 0 Å². The minimum absolute atomic E-state index is 0.0129. The number of amides is 1. The van der Waals surface area contributed by atoms with Gasteiger partial charge < -0.3 is 10.6 Å². The minimum Gasteiger partial charge on any atom is -0.342 e. The van der Waals surface area contributed by atoms with E-state index in [1.165, 1.54) is 12.1 Å². The summed E-state index contributed by atoms with van der Waals surface area (Å²) >= 11 is 6.04. The Morgan fingerprint density at radius 2 is 2.32 bits per heavy atom. The average Bonchev–Trinajstić information content (AvgIpc) is 2.49. The Bertz CT molecular complexity index is 577. The lowest BCUT2D eigenvalue weighted by atomic mass is 9.92. The van der Waals surface area contributed by atoms with Crippen LogP contribution in [0.2, 0.25) is 5.02 Å². The van der Waals surface area contributed by atoms with Crippen LogP contribution in [0.4, 0.5) is 5.69 Å². The number of rotatable bonds is 4. The molecule has 1 fully saturated rings. The van der Waals surface area contributed by atoms with Crippen LogP contribution in [-0.2, 0) is 11.2 Å². The molecule has 2 rings (SSSR count). The Kier molecular flexibility index (Phi) is 5.37. The quantitative estimate of drug-likeness (QED) is 0.679. The van der Waals surface area contributed by atoms with Crippen LogP contribution < -0.4 is 5.73 Å². The molecule has 1 saturated heterocycles. The first-order valence-electron chi connectivity index (χ1n) is 7.34. The van der Waals surface area contributed by atoms with E-state index in [4.69, 9.17) is 17.3 Å². The van der Waals surface area contributed by atoms with Gasteiger partial charge in [0.15, 0.2) is 0 Å². The number of non-ortho nitro benzene ring substituents is 1. The van der Waals surface area contributed by atoms with Crippen molar-refractivity contribution in [3.8, 4) is 0 Å². The number of nitrogens with zero attached hydrogens (tertiary/aromatic N) is 2. The van der Waals surface area contributed by atoms with Gasteiger partial charge >= 0.3 is 0 Å². The molecule has 0 radical (unpaired) electrons. The molecular formula is C15H20ClN3O3. The van der Waals surface area contributed by atoms with Gasteiger partial charge in [-0.1, -0.05) is 17.7 Å². The molecule has 2 N–H and O–H groups in total. The molecule has 2 atom stereocenters. The third-order valence-corrected chi connectivity index (χ3v) is 4.50. The molecule has 0 aliphatic carbocycles. The number of nitro groups is 1. The van der Waals surface area contributed by atoms with Crippen molar-refractivity contribution in [2.75, 3.05) is 13.1 Å². The van der Waals surface area contributed by atoms with Crippen LogP contribution in [0.1, 0.15) is 25.3 Å². The molecule has 0 aromatic heterocycles. The fraction of sp³-hybridized carbons (Fsp3) is 0.533. The topological polar surface area (TPSA) is 89.5 Å². The SMILES string of the molecule is CC(N)C1CCCN(C(=O)Cc2ccc([N+](=O)[O-])cc2Cl)C1. The summed E-state index contributed by atoms with van der Waals surface area (Å²) in [5.74, 6) is 0.311. The molecule has 1 amide bonds. The summed E-state index contributed by atoms with van der Waals surface area (Å²) in [6.45, 7) is 3.36. The molecule has 6 nitrogen and oxygen atoms in total. The Morgan fingerprint density at radius 3 is 2.91 bits per heavy atom. The zero-order chi connectivity index (χ0) is 16.3. The van der Waals surface area contributed by atoms with E-state index in [1.807, 2.05) is 11.8 Å². The van der Waals surface area contributed by atoms with E-state index >= 15 is 0 Å². The molecule has 0 bridgehead atoms. The smallest absolute Gasteiger partial charge is 0.270 e. The van der Waals surface area contributed by atoms with Crippen molar-refractivity contribution in [1.82, 2.24) is 4.90 Å². The first-order valence-corrected chi connectivity index (χ1v) is 7.72. The highest BCUT2D eigenvalue weighted by Crippen LogP contribution is 2.24. The Hall–Kier alpha value is -1.66. The number of carbonyl (C=O) groups is 1. The zero-order valence-electron chi connectivity index (χ0n) is 12.5. The summed E-state index contributed by atoms with van der Waals surface area (Å²) in [4.78, 5) is 24.4. The van der Waals surface area contributed by atoms with Crippen LogP contribution in [-0.4, -0.2) is 34.9 Å². The molecule has 2 unspecified atom stereocenters. The monoisotopic (exact) mass is 325 g/mol. The molecule has 1 aromatic rings. The van der Waals surface area contributed by atoms with Crippen molar-refractivity contribution in [2.24, 2.45) is 11.7 Å². The summed E-state index contributed by atoms with van der Waals surface area (Å²) < 4.78 is 0. The highest BCUT2D eigenvalue weighted by molar-refractivity contribution is 6.31. The van der Waals surface area contributed by atoms with Crippen LogP contribution in [0.25, 0.3) is 0 Å². The average molecular weight is 326 g/mol. The van der Waals surface area contributed by atoms with Crippen molar-refractivity contribution in [3.05, 3.63) is 38.9 Å². The van der Waals surface area contributed by atoms with Crippen molar-refractivity contribution in [1.29, 1.82) is 0 Å². The van der Waals surface area contributed by atoms with Gasteiger partial charge in [-0.05, 0) is 31.2 Å². The lowest BCUT2D eigenvalue weighted by Gasteiger charge is -2.34. The second kappa shape index (κ2) is 7.07. The molecule has 1 aromatic carbocycles. The van der Waals surface area contributed by atoms with Crippen molar-refractivity contribution >= 4 is 23.2 Å². The van der Waals surface area contributed by atoms with Gasteiger partial charge in [0.25, 0.3) is 5.69 Å². The molecule has 1 aliphatic rings. The van der Waals surface area contributed by atoms with Gasteiger partial charge in [0.2, 0.25) is 5.91 Å². The van der Waals surface area contributed by atoms with Crippen molar-refractivity contribution in [2.45, 2.75) is 32.2 Å². The van der Waals surface area contributed by atoms with E-state index in [2.05, 4.69) is 0 Å². The maximum Gasteiger partial charge on any atom is 0.270 e. The normalized spacial score (nSPS) is 19.8. The van der Waals surface area contributed by atoms with Gasteiger partial charge in [0, 0.05) is 31.3 Å². The number of piperidine rings is 1. The fourth-order valence-corrected chi connectivity index (χ4v) is 2.98. The van der Waals surface area contributed by atoms with E-state index in [1.54, 1.807) is 6.07 Å². The van der Waals surface area contributed by atoms with E-state index in [0.29, 0.717) is 18.0 Å². The number of carbonyl (C=O) groups excluding carboxylic acids is 1. The van der Waals surface area contributed by atoms with Crippen molar-refractivity contribution < 1.29 is 9.72 Å². The molecule has 0 saturated carbocycles. The number of benzene rings is 1. The second-order valence-corrected chi connectivity index (χ2v) is 6.22.